The van der Waals surface area contributed by atoms with Gasteiger partial charge in [0, 0.05) is 17.8 Å². The number of likely N-dealkylation sites (N-methyl/N-ethyl adjacent to an activating group) is 1. The molecule has 0 saturated carbocycles. The van der Waals surface area contributed by atoms with Gasteiger partial charge in [-0.3, -0.25) is 4.90 Å². The maximum absolute atomic E-state index is 11.4. The number of primary sulfonamides is 1. The minimum atomic E-state index is -3.72. The molecule has 3 N–H and O–H groups in total. The van der Waals surface area contributed by atoms with Crippen molar-refractivity contribution in [3.63, 3.8) is 0 Å². The number of hydrogen-bond donors (Lipinski definition) is 2. The van der Waals surface area contributed by atoms with E-state index < -0.39 is 10.0 Å². The summed E-state index contributed by atoms with van der Waals surface area (Å²) in [5.74, 6) is 1.97. The molecule has 2 aromatic rings. The largest absolute Gasteiger partial charge is 0.492 e. The molecule has 2 aliphatic heterocycles. The Bertz CT molecular complexity index is 975. The van der Waals surface area contributed by atoms with Crippen molar-refractivity contribution in [1.29, 1.82) is 0 Å². The number of methoxy groups -OCH3 is 1. The Morgan fingerprint density at radius 3 is 2.67 bits per heavy atom. The Labute approximate surface area is 157 Å². The summed E-state index contributed by atoms with van der Waals surface area (Å²) < 4.78 is 39.7. The van der Waals surface area contributed by atoms with Crippen molar-refractivity contribution in [2.24, 2.45) is 5.14 Å². The molecular formula is C18H21N3O5S. The number of anilines is 1. The minimum absolute atomic E-state index is 0.0754. The van der Waals surface area contributed by atoms with Crippen molar-refractivity contribution in [1.82, 2.24) is 4.90 Å². The fourth-order valence-electron chi connectivity index (χ4n) is 3.51. The maximum Gasteiger partial charge on any atom is 0.238 e. The lowest BCUT2D eigenvalue weighted by molar-refractivity contribution is 0.170. The van der Waals surface area contributed by atoms with Gasteiger partial charge in [0.1, 0.15) is 6.17 Å². The molecule has 0 aliphatic carbocycles. The zero-order valence-electron chi connectivity index (χ0n) is 15.1. The highest BCUT2D eigenvalue weighted by Crippen LogP contribution is 2.49. The third-order valence-corrected chi connectivity index (χ3v) is 5.81. The molecule has 0 fully saturated rings. The van der Waals surface area contributed by atoms with Gasteiger partial charge in [0.2, 0.25) is 22.6 Å². The number of rotatable bonds is 4. The fourth-order valence-corrected chi connectivity index (χ4v) is 4.03. The van der Waals surface area contributed by atoms with Gasteiger partial charge in [0.15, 0.2) is 11.5 Å². The molecule has 2 heterocycles. The number of benzene rings is 2. The van der Waals surface area contributed by atoms with Crippen molar-refractivity contribution >= 4 is 15.7 Å². The molecule has 9 heteroatoms. The van der Waals surface area contributed by atoms with Gasteiger partial charge in [-0.25, -0.2) is 13.6 Å². The van der Waals surface area contributed by atoms with Gasteiger partial charge in [-0.1, -0.05) is 0 Å². The average molecular weight is 391 g/mol. The van der Waals surface area contributed by atoms with E-state index in [2.05, 4.69) is 10.2 Å². The smallest absolute Gasteiger partial charge is 0.238 e. The van der Waals surface area contributed by atoms with Crippen LogP contribution in [-0.2, 0) is 16.4 Å². The molecule has 1 atom stereocenters. The lowest BCUT2D eigenvalue weighted by Gasteiger charge is -2.36. The molecule has 0 amide bonds. The first-order chi connectivity index (χ1) is 12.9. The number of nitrogens with zero attached hydrogens (tertiary/aromatic N) is 1. The summed E-state index contributed by atoms with van der Waals surface area (Å²) in [6, 6.07) is 8.37. The summed E-state index contributed by atoms with van der Waals surface area (Å²) in [6.45, 7) is 1.03. The predicted octanol–water partition coefficient (Wildman–Crippen LogP) is 1.67. The van der Waals surface area contributed by atoms with E-state index in [0.29, 0.717) is 17.2 Å². The molecule has 4 rings (SSSR count). The number of hydrogen-bond acceptors (Lipinski definition) is 7. The first kappa shape index (κ1) is 17.9. The van der Waals surface area contributed by atoms with E-state index in [1.807, 2.05) is 13.1 Å². The van der Waals surface area contributed by atoms with Crippen LogP contribution in [-0.4, -0.2) is 40.8 Å². The Balaban J connectivity index is 1.72. The summed E-state index contributed by atoms with van der Waals surface area (Å²) in [4.78, 5) is 2.24. The quantitative estimate of drug-likeness (QED) is 0.817. The van der Waals surface area contributed by atoms with E-state index in [4.69, 9.17) is 19.3 Å². The molecule has 0 radical (unpaired) electrons. The molecule has 2 aliphatic rings. The lowest BCUT2D eigenvalue weighted by atomic mass is 9.94. The number of ether oxygens (including phenoxy) is 3. The van der Waals surface area contributed by atoms with Gasteiger partial charge in [-0.05, 0) is 49.4 Å². The number of nitrogens with two attached hydrogens (primary N) is 1. The zero-order chi connectivity index (χ0) is 19.2. The Morgan fingerprint density at radius 1 is 1.26 bits per heavy atom. The SMILES string of the molecule is COc1c2c(cc3c1[C@@H](Nc1ccc(S(N)(=O)=O)cc1)N(C)CC3)OCO2. The first-order valence-electron chi connectivity index (χ1n) is 8.47. The summed E-state index contributed by atoms with van der Waals surface area (Å²) >= 11 is 0. The lowest BCUT2D eigenvalue weighted by Crippen LogP contribution is -2.37. The molecule has 0 spiro atoms. The Morgan fingerprint density at radius 2 is 2.00 bits per heavy atom. The second-order valence-corrected chi connectivity index (χ2v) is 8.12. The first-order valence-corrected chi connectivity index (χ1v) is 10.0. The Hall–Kier alpha value is -2.49. The normalized spacial score (nSPS) is 18.9. The van der Waals surface area contributed by atoms with Crippen LogP contribution in [0.2, 0.25) is 0 Å². The highest BCUT2D eigenvalue weighted by molar-refractivity contribution is 7.89. The van der Waals surface area contributed by atoms with Gasteiger partial charge in [0.05, 0.1) is 12.0 Å². The minimum Gasteiger partial charge on any atom is -0.492 e. The van der Waals surface area contributed by atoms with E-state index in [0.717, 1.165) is 29.8 Å². The van der Waals surface area contributed by atoms with Gasteiger partial charge in [-0.15, -0.1) is 0 Å². The molecule has 0 bridgehead atoms. The molecule has 0 unspecified atom stereocenters. The predicted molar refractivity (Wildman–Crippen MR) is 99.6 cm³/mol. The monoisotopic (exact) mass is 391 g/mol. The van der Waals surface area contributed by atoms with Crippen molar-refractivity contribution in [2.45, 2.75) is 17.5 Å². The van der Waals surface area contributed by atoms with E-state index in [9.17, 15) is 8.42 Å². The molecule has 27 heavy (non-hydrogen) atoms. The molecule has 0 saturated heterocycles. The number of nitrogens with one attached hydrogen (secondary N) is 1. The second kappa shape index (κ2) is 6.59. The van der Waals surface area contributed by atoms with Crippen LogP contribution in [0.5, 0.6) is 17.2 Å². The molecule has 144 valence electrons. The number of sulfonamides is 1. The van der Waals surface area contributed by atoms with Gasteiger partial charge in [-0.2, -0.15) is 0 Å². The van der Waals surface area contributed by atoms with Crippen molar-refractivity contribution < 1.29 is 22.6 Å². The van der Waals surface area contributed by atoms with Crippen LogP contribution in [0.3, 0.4) is 0 Å². The van der Waals surface area contributed by atoms with Crippen molar-refractivity contribution in [3.8, 4) is 17.2 Å². The summed E-state index contributed by atoms with van der Waals surface area (Å²) in [6.07, 6.45) is 0.694. The van der Waals surface area contributed by atoms with Gasteiger partial charge >= 0.3 is 0 Å². The summed E-state index contributed by atoms with van der Waals surface area (Å²) in [7, 11) is -0.0858. The van der Waals surface area contributed by atoms with Crippen LogP contribution in [0.1, 0.15) is 17.3 Å². The average Bonchev–Trinajstić information content (AvgIpc) is 3.10. The third-order valence-electron chi connectivity index (χ3n) is 4.88. The van der Waals surface area contributed by atoms with Crippen LogP contribution >= 0.6 is 0 Å². The van der Waals surface area contributed by atoms with Gasteiger partial charge in [0.25, 0.3) is 0 Å². The van der Waals surface area contributed by atoms with E-state index in [1.54, 1.807) is 19.2 Å². The zero-order valence-corrected chi connectivity index (χ0v) is 15.9. The highest BCUT2D eigenvalue weighted by Gasteiger charge is 2.34. The third kappa shape index (κ3) is 3.18. The molecule has 0 aromatic heterocycles. The molecule has 8 nitrogen and oxygen atoms in total. The topological polar surface area (TPSA) is 103 Å². The van der Waals surface area contributed by atoms with E-state index in [1.165, 1.54) is 12.1 Å². The fraction of sp³-hybridized carbons (Fsp3) is 0.333. The molecule has 2 aromatic carbocycles. The number of fused-ring (bicyclic) bond motifs is 2. The molecular weight excluding hydrogens is 370 g/mol. The summed E-state index contributed by atoms with van der Waals surface area (Å²) in [5, 5.41) is 8.61. The Kier molecular flexibility index (Phi) is 4.37. The summed E-state index contributed by atoms with van der Waals surface area (Å²) in [5.41, 5.74) is 2.89. The van der Waals surface area contributed by atoms with E-state index >= 15 is 0 Å². The van der Waals surface area contributed by atoms with Crippen molar-refractivity contribution in [3.05, 3.63) is 41.5 Å². The van der Waals surface area contributed by atoms with E-state index in [-0.39, 0.29) is 17.9 Å². The van der Waals surface area contributed by atoms with Crippen LogP contribution < -0.4 is 24.7 Å². The maximum atomic E-state index is 11.4. The van der Waals surface area contributed by atoms with Crippen LogP contribution in [0.25, 0.3) is 0 Å². The van der Waals surface area contributed by atoms with Crippen LogP contribution in [0, 0.1) is 0 Å². The van der Waals surface area contributed by atoms with Crippen LogP contribution in [0.15, 0.2) is 35.2 Å². The van der Waals surface area contributed by atoms with Crippen LogP contribution in [0.4, 0.5) is 5.69 Å². The highest BCUT2D eigenvalue weighted by atomic mass is 32.2. The van der Waals surface area contributed by atoms with Gasteiger partial charge < -0.3 is 19.5 Å². The second-order valence-electron chi connectivity index (χ2n) is 6.56. The standard InChI is InChI=1S/C18H21N3O5S/c1-21-8-7-11-9-14-16(26-10-25-14)17(24-2)15(11)18(21)20-12-3-5-13(6-4-12)27(19,22)23/h3-6,9,18,20H,7-8,10H2,1-2H3,(H2,19,22,23)/t18-/m0/s1. The van der Waals surface area contributed by atoms with Crippen molar-refractivity contribution in [2.75, 3.05) is 32.8 Å².